The van der Waals surface area contributed by atoms with E-state index in [-0.39, 0.29) is 18.6 Å². The average molecular weight is 326 g/mol. The molecule has 4 heterocycles. The number of hydrogen-bond donors (Lipinski definition) is 0. The second kappa shape index (κ2) is 5.63. The SMILES string of the molecule is Cc1ccc2n1CCN(C(=O)COc1ccc3nncn3n1)C2C. The molecule has 1 aliphatic heterocycles. The van der Waals surface area contributed by atoms with Gasteiger partial charge < -0.3 is 14.2 Å². The molecule has 1 amide bonds. The molecule has 0 aromatic carbocycles. The predicted molar refractivity (Wildman–Crippen MR) is 85.6 cm³/mol. The molecule has 0 radical (unpaired) electrons. The van der Waals surface area contributed by atoms with E-state index in [2.05, 4.69) is 38.9 Å². The van der Waals surface area contributed by atoms with E-state index in [0.717, 1.165) is 12.2 Å². The molecule has 1 aliphatic rings. The minimum Gasteiger partial charge on any atom is -0.467 e. The number of rotatable bonds is 3. The van der Waals surface area contributed by atoms with Gasteiger partial charge in [0, 0.05) is 30.5 Å². The zero-order valence-electron chi connectivity index (χ0n) is 13.6. The predicted octanol–water partition coefficient (Wildman–Crippen LogP) is 1.22. The van der Waals surface area contributed by atoms with Crippen molar-refractivity contribution in [3.8, 4) is 5.88 Å². The summed E-state index contributed by atoms with van der Waals surface area (Å²) in [5.74, 6) is 0.331. The monoisotopic (exact) mass is 326 g/mol. The van der Waals surface area contributed by atoms with Gasteiger partial charge in [0.05, 0.1) is 6.04 Å². The Morgan fingerprint density at radius 1 is 1.29 bits per heavy atom. The van der Waals surface area contributed by atoms with Crippen molar-refractivity contribution in [3.63, 3.8) is 0 Å². The molecule has 3 aromatic heterocycles. The minimum absolute atomic E-state index is 0.0370. The van der Waals surface area contributed by atoms with Gasteiger partial charge in [-0.1, -0.05) is 0 Å². The van der Waals surface area contributed by atoms with Crippen LogP contribution < -0.4 is 4.74 Å². The number of fused-ring (bicyclic) bond motifs is 2. The topological polar surface area (TPSA) is 77.5 Å². The van der Waals surface area contributed by atoms with Crippen molar-refractivity contribution in [2.75, 3.05) is 13.2 Å². The second-order valence-electron chi connectivity index (χ2n) is 5.91. The van der Waals surface area contributed by atoms with Crippen molar-refractivity contribution in [2.45, 2.75) is 26.4 Å². The molecule has 8 nitrogen and oxygen atoms in total. The van der Waals surface area contributed by atoms with E-state index in [1.807, 2.05) is 11.8 Å². The smallest absolute Gasteiger partial charge is 0.261 e. The minimum atomic E-state index is -0.0433. The molecule has 0 aliphatic carbocycles. The third kappa shape index (κ3) is 2.40. The van der Waals surface area contributed by atoms with Gasteiger partial charge in [0.25, 0.3) is 5.91 Å². The third-order valence-electron chi connectivity index (χ3n) is 4.49. The van der Waals surface area contributed by atoms with Crippen molar-refractivity contribution in [1.29, 1.82) is 0 Å². The summed E-state index contributed by atoms with van der Waals surface area (Å²) in [6.45, 7) is 5.59. The summed E-state index contributed by atoms with van der Waals surface area (Å²) in [6, 6.07) is 7.65. The van der Waals surface area contributed by atoms with Gasteiger partial charge in [-0.2, -0.15) is 4.52 Å². The Hall–Kier alpha value is -2.90. The highest BCUT2D eigenvalue weighted by atomic mass is 16.5. The summed E-state index contributed by atoms with van der Waals surface area (Å²) >= 11 is 0. The lowest BCUT2D eigenvalue weighted by Crippen LogP contribution is -2.43. The number of amides is 1. The first-order valence-corrected chi connectivity index (χ1v) is 7.89. The van der Waals surface area contributed by atoms with Gasteiger partial charge in [-0.25, -0.2) is 0 Å². The number of carbonyl (C=O) groups is 1. The Bertz CT molecular complexity index is 899. The highest BCUT2D eigenvalue weighted by Crippen LogP contribution is 2.27. The summed E-state index contributed by atoms with van der Waals surface area (Å²) in [5, 5.41) is 11.8. The van der Waals surface area contributed by atoms with E-state index in [1.54, 1.807) is 12.1 Å². The van der Waals surface area contributed by atoms with Gasteiger partial charge in [-0.05, 0) is 32.0 Å². The molecule has 0 bridgehead atoms. The summed E-state index contributed by atoms with van der Waals surface area (Å²) < 4.78 is 9.33. The summed E-state index contributed by atoms with van der Waals surface area (Å²) in [4.78, 5) is 14.4. The van der Waals surface area contributed by atoms with E-state index in [4.69, 9.17) is 4.74 Å². The Kier molecular flexibility index (Phi) is 3.44. The first-order chi connectivity index (χ1) is 11.6. The van der Waals surface area contributed by atoms with Crippen molar-refractivity contribution in [1.82, 2.24) is 29.3 Å². The zero-order chi connectivity index (χ0) is 16.7. The van der Waals surface area contributed by atoms with Crippen LogP contribution >= 0.6 is 0 Å². The quantitative estimate of drug-likeness (QED) is 0.723. The summed E-state index contributed by atoms with van der Waals surface area (Å²) in [6.07, 6.45) is 1.49. The standard InChI is InChI=1S/C16H18N6O2/c1-11-3-4-13-12(2)21(8-7-20(11)13)16(23)9-24-15-6-5-14-18-17-10-22(14)19-15/h3-6,10,12H,7-9H2,1-2H3. The lowest BCUT2D eigenvalue weighted by molar-refractivity contribution is -0.136. The lowest BCUT2D eigenvalue weighted by atomic mass is 10.1. The Morgan fingerprint density at radius 2 is 2.17 bits per heavy atom. The number of nitrogens with zero attached hydrogens (tertiary/aromatic N) is 6. The molecule has 1 unspecified atom stereocenters. The maximum atomic E-state index is 12.5. The molecule has 124 valence electrons. The van der Waals surface area contributed by atoms with Crippen LogP contribution in [0.2, 0.25) is 0 Å². The molecule has 0 spiro atoms. The fourth-order valence-electron chi connectivity index (χ4n) is 3.17. The normalized spacial score (nSPS) is 17.1. The Labute approximate surface area is 138 Å². The third-order valence-corrected chi connectivity index (χ3v) is 4.49. The van der Waals surface area contributed by atoms with Gasteiger partial charge in [0.2, 0.25) is 5.88 Å². The van der Waals surface area contributed by atoms with E-state index in [9.17, 15) is 4.79 Å². The number of hydrogen-bond acceptors (Lipinski definition) is 5. The molecular formula is C16H18N6O2. The number of aromatic nitrogens is 5. The molecule has 4 rings (SSSR count). The van der Waals surface area contributed by atoms with Gasteiger partial charge >= 0.3 is 0 Å². The van der Waals surface area contributed by atoms with Crippen LogP contribution in [0.4, 0.5) is 0 Å². The maximum Gasteiger partial charge on any atom is 0.261 e. The molecule has 0 N–H and O–H groups in total. The zero-order valence-corrected chi connectivity index (χ0v) is 13.6. The number of ether oxygens (including phenoxy) is 1. The van der Waals surface area contributed by atoms with Gasteiger partial charge in [-0.3, -0.25) is 4.79 Å². The van der Waals surface area contributed by atoms with Gasteiger partial charge in [-0.15, -0.1) is 15.3 Å². The summed E-state index contributed by atoms with van der Waals surface area (Å²) in [5.41, 5.74) is 3.03. The first kappa shape index (κ1) is 14.7. The second-order valence-corrected chi connectivity index (χ2v) is 5.91. The van der Waals surface area contributed by atoms with Crippen LogP contribution in [0.5, 0.6) is 5.88 Å². The number of aryl methyl sites for hydroxylation is 1. The molecule has 0 saturated heterocycles. The fraction of sp³-hybridized carbons (Fsp3) is 0.375. The highest BCUT2D eigenvalue weighted by Gasteiger charge is 2.28. The van der Waals surface area contributed by atoms with Crippen LogP contribution in [0, 0.1) is 6.92 Å². The first-order valence-electron chi connectivity index (χ1n) is 7.89. The van der Waals surface area contributed by atoms with Crippen molar-refractivity contribution in [2.24, 2.45) is 0 Å². The molecule has 8 heteroatoms. The maximum absolute atomic E-state index is 12.5. The highest BCUT2D eigenvalue weighted by molar-refractivity contribution is 5.78. The van der Waals surface area contributed by atoms with Crippen molar-refractivity contribution >= 4 is 11.6 Å². The van der Waals surface area contributed by atoms with E-state index < -0.39 is 0 Å². The van der Waals surface area contributed by atoms with E-state index in [0.29, 0.717) is 18.1 Å². The van der Waals surface area contributed by atoms with Crippen molar-refractivity contribution < 1.29 is 9.53 Å². The molecule has 3 aromatic rings. The van der Waals surface area contributed by atoms with Gasteiger partial charge in [0.15, 0.2) is 12.3 Å². The van der Waals surface area contributed by atoms with Crippen LogP contribution in [0.3, 0.4) is 0 Å². The van der Waals surface area contributed by atoms with Crippen LogP contribution in [-0.2, 0) is 11.3 Å². The van der Waals surface area contributed by atoms with Gasteiger partial charge in [0.1, 0.15) is 6.33 Å². The summed E-state index contributed by atoms with van der Waals surface area (Å²) in [7, 11) is 0. The Morgan fingerprint density at radius 3 is 3.04 bits per heavy atom. The average Bonchev–Trinajstić information content (AvgIpc) is 3.20. The van der Waals surface area contributed by atoms with E-state index in [1.165, 1.54) is 16.5 Å². The van der Waals surface area contributed by atoms with Crippen LogP contribution in [0.1, 0.15) is 24.4 Å². The lowest BCUT2D eigenvalue weighted by Gasteiger charge is -2.35. The largest absolute Gasteiger partial charge is 0.467 e. The Balaban J connectivity index is 1.44. The fourth-order valence-corrected chi connectivity index (χ4v) is 3.17. The number of carbonyl (C=O) groups excluding carboxylic acids is 1. The van der Waals surface area contributed by atoms with Crippen LogP contribution in [0.25, 0.3) is 5.65 Å². The molecule has 1 atom stereocenters. The molecule has 0 fully saturated rings. The molecule has 24 heavy (non-hydrogen) atoms. The van der Waals surface area contributed by atoms with Crippen LogP contribution in [0.15, 0.2) is 30.6 Å². The van der Waals surface area contributed by atoms with Crippen molar-refractivity contribution in [3.05, 3.63) is 42.0 Å². The van der Waals surface area contributed by atoms with E-state index >= 15 is 0 Å². The molecular weight excluding hydrogens is 308 g/mol. The van der Waals surface area contributed by atoms with Crippen LogP contribution in [-0.4, -0.2) is 48.3 Å². The molecule has 0 saturated carbocycles.